The van der Waals surface area contributed by atoms with Gasteiger partial charge in [-0.1, -0.05) is 12.1 Å². The molecule has 0 unspecified atom stereocenters. The van der Waals surface area contributed by atoms with E-state index in [-0.39, 0.29) is 36.2 Å². The summed E-state index contributed by atoms with van der Waals surface area (Å²) in [4.78, 5) is 0. The Labute approximate surface area is 138 Å². The van der Waals surface area contributed by atoms with Crippen molar-refractivity contribution in [3.05, 3.63) is 53.1 Å². The van der Waals surface area contributed by atoms with Gasteiger partial charge in [-0.15, -0.1) is 0 Å². The minimum absolute atomic E-state index is 0.0758. The second-order valence-corrected chi connectivity index (χ2v) is 6.85. The first-order valence-corrected chi connectivity index (χ1v) is 8.01. The molecular formula is C19H18F2O3. The van der Waals surface area contributed by atoms with Gasteiger partial charge in [-0.2, -0.15) is 0 Å². The van der Waals surface area contributed by atoms with Crippen LogP contribution in [0.5, 0.6) is 17.2 Å². The lowest BCUT2D eigenvalue weighted by molar-refractivity contribution is -0.00234. The van der Waals surface area contributed by atoms with Crippen molar-refractivity contribution in [2.24, 2.45) is 5.92 Å². The third-order valence-corrected chi connectivity index (χ3v) is 5.11. The molecule has 126 valence electrons. The standard InChI is InChI=1S/C19H18F2O3/c1-10-6-13(23)7-14-15-8-19(20,21)9-16(15)18(24-17(10)14)11-2-4-12(22)5-3-11/h2-7,15-16,18,22-23H,8-9H2,1H3/t15-,16-,18-/m1/s1. The molecule has 5 heteroatoms. The molecule has 4 rings (SSSR count). The van der Waals surface area contributed by atoms with E-state index in [2.05, 4.69) is 0 Å². The molecule has 1 aliphatic heterocycles. The van der Waals surface area contributed by atoms with Crippen molar-refractivity contribution in [3.63, 3.8) is 0 Å². The number of rotatable bonds is 1. The van der Waals surface area contributed by atoms with Crippen LogP contribution in [0.4, 0.5) is 8.78 Å². The summed E-state index contributed by atoms with van der Waals surface area (Å²) < 4.78 is 34.4. The summed E-state index contributed by atoms with van der Waals surface area (Å²) in [5.41, 5.74) is 2.19. The van der Waals surface area contributed by atoms with Crippen molar-refractivity contribution in [3.8, 4) is 17.2 Å². The summed E-state index contributed by atoms with van der Waals surface area (Å²) in [7, 11) is 0. The van der Waals surface area contributed by atoms with E-state index in [1.165, 1.54) is 0 Å². The summed E-state index contributed by atoms with van der Waals surface area (Å²) in [6, 6.07) is 9.65. The van der Waals surface area contributed by atoms with Crippen molar-refractivity contribution >= 4 is 0 Å². The van der Waals surface area contributed by atoms with Gasteiger partial charge in [0.25, 0.3) is 0 Å². The number of hydrogen-bond donors (Lipinski definition) is 2. The van der Waals surface area contributed by atoms with Crippen LogP contribution < -0.4 is 4.74 Å². The van der Waals surface area contributed by atoms with E-state index in [0.29, 0.717) is 11.3 Å². The first-order chi connectivity index (χ1) is 11.3. The fourth-order valence-corrected chi connectivity index (χ4v) is 4.11. The van der Waals surface area contributed by atoms with E-state index < -0.39 is 12.0 Å². The lowest BCUT2D eigenvalue weighted by atomic mass is 9.79. The van der Waals surface area contributed by atoms with Gasteiger partial charge in [-0.3, -0.25) is 0 Å². The average Bonchev–Trinajstić information content (AvgIpc) is 2.83. The fraction of sp³-hybridized carbons (Fsp3) is 0.368. The van der Waals surface area contributed by atoms with E-state index in [4.69, 9.17) is 4.74 Å². The number of benzene rings is 2. The van der Waals surface area contributed by atoms with Gasteiger partial charge in [0.2, 0.25) is 5.92 Å². The van der Waals surface area contributed by atoms with Crippen LogP contribution in [-0.2, 0) is 0 Å². The number of hydrogen-bond acceptors (Lipinski definition) is 3. The van der Waals surface area contributed by atoms with Crippen LogP contribution in [0, 0.1) is 12.8 Å². The van der Waals surface area contributed by atoms with E-state index in [1.807, 2.05) is 0 Å². The molecule has 1 heterocycles. The molecular weight excluding hydrogens is 314 g/mol. The largest absolute Gasteiger partial charge is 0.508 e. The highest BCUT2D eigenvalue weighted by Gasteiger charge is 2.53. The SMILES string of the molecule is Cc1cc(O)cc2c1O[C@H](c1ccc(O)cc1)[C@@H]1CC(F)(F)C[C@H]21. The third-order valence-electron chi connectivity index (χ3n) is 5.11. The Bertz CT molecular complexity index is 786. The van der Waals surface area contributed by atoms with Crippen molar-refractivity contribution in [1.29, 1.82) is 0 Å². The smallest absolute Gasteiger partial charge is 0.249 e. The summed E-state index contributed by atoms with van der Waals surface area (Å²) >= 11 is 0. The molecule has 2 aromatic rings. The van der Waals surface area contributed by atoms with E-state index in [0.717, 1.165) is 11.1 Å². The third kappa shape index (κ3) is 2.39. The van der Waals surface area contributed by atoms with Gasteiger partial charge in [0.05, 0.1) is 0 Å². The molecule has 0 amide bonds. The molecule has 0 spiro atoms. The zero-order valence-electron chi connectivity index (χ0n) is 13.2. The van der Waals surface area contributed by atoms with Gasteiger partial charge < -0.3 is 14.9 Å². The second kappa shape index (κ2) is 5.10. The Morgan fingerprint density at radius 2 is 1.75 bits per heavy atom. The van der Waals surface area contributed by atoms with Crippen molar-refractivity contribution in [1.82, 2.24) is 0 Å². The molecule has 1 saturated carbocycles. The summed E-state index contributed by atoms with van der Waals surface area (Å²) in [6.45, 7) is 1.81. The number of ether oxygens (including phenoxy) is 1. The molecule has 1 fully saturated rings. The van der Waals surface area contributed by atoms with Gasteiger partial charge in [-0.05, 0) is 42.3 Å². The maximum Gasteiger partial charge on any atom is 0.249 e. The highest BCUT2D eigenvalue weighted by atomic mass is 19.3. The number of fused-ring (bicyclic) bond motifs is 3. The molecule has 0 aromatic heterocycles. The summed E-state index contributed by atoms with van der Waals surface area (Å²) in [5, 5.41) is 19.3. The number of halogens is 2. The molecule has 24 heavy (non-hydrogen) atoms. The minimum Gasteiger partial charge on any atom is -0.508 e. The molecule has 3 atom stereocenters. The Morgan fingerprint density at radius 3 is 2.46 bits per heavy atom. The van der Waals surface area contributed by atoms with Gasteiger partial charge in [0.1, 0.15) is 23.4 Å². The molecule has 0 bridgehead atoms. The summed E-state index contributed by atoms with van der Waals surface area (Å²) in [5.74, 6) is -2.66. The van der Waals surface area contributed by atoms with Crippen LogP contribution in [0.15, 0.2) is 36.4 Å². The number of aryl methyl sites for hydroxylation is 1. The fourth-order valence-electron chi connectivity index (χ4n) is 4.11. The van der Waals surface area contributed by atoms with E-state index >= 15 is 0 Å². The quantitative estimate of drug-likeness (QED) is 0.798. The first kappa shape index (κ1) is 15.2. The monoisotopic (exact) mass is 332 g/mol. The second-order valence-electron chi connectivity index (χ2n) is 6.85. The number of phenols is 2. The Kier molecular flexibility index (Phi) is 3.24. The van der Waals surface area contributed by atoms with Crippen LogP contribution in [0.3, 0.4) is 0 Å². The molecule has 0 radical (unpaired) electrons. The van der Waals surface area contributed by atoms with Gasteiger partial charge in [-0.25, -0.2) is 8.78 Å². The molecule has 0 saturated heterocycles. The Hall–Kier alpha value is -2.30. The van der Waals surface area contributed by atoms with Crippen molar-refractivity contribution in [2.45, 2.75) is 37.7 Å². The van der Waals surface area contributed by atoms with Crippen LogP contribution in [0.2, 0.25) is 0 Å². The van der Waals surface area contributed by atoms with Crippen LogP contribution in [0.1, 0.15) is 41.6 Å². The zero-order chi connectivity index (χ0) is 17.1. The molecule has 1 aliphatic carbocycles. The van der Waals surface area contributed by atoms with Crippen LogP contribution in [0.25, 0.3) is 0 Å². The van der Waals surface area contributed by atoms with Gasteiger partial charge in [0.15, 0.2) is 0 Å². The topological polar surface area (TPSA) is 49.7 Å². The average molecular weight is 332 g/mol. The number of alkyl halides is 2. The van der Waals surface area contributed by atoms with Crippen molar-refractivity contribution < 1.29 is 23.7 Å². The molecule has 3 nitrogen and oxygen atoms in total. The van der Waals surface area contributed by atoms with Crippen molar-refractivity contribution in [2.75, 3.05) is 0 Å². The number of phenolic OH excluding ortho intramolecular Hbond substituents is 2. The highest BCUT2D eigenvalue weighted by Crippen LogP contribution is 2.59. The predicted molar refractivity (Wildman–Crippen MR) is 84.7 cm³/mol. The van der Waals surface area contributed by atoms with Gasteiger partial charge in [0, 0.05) is 30.2 Å². The van der Waals surface area contributed by atoms with Gasteiger partial charge >= 0.3 is 0 Å². The Morgan fingerprint density at radius 1 is 1.04 bits per heavy atom. The summed E-state index contributed by atoms with van der Waals surface area (Å²) in [6.07, 6.45) is -0.956. The normalized spacial score (nSPS) is 27.2. The maximum absolute atomic E-state index is 14.1. The number of aromatic hydroxyl groups is 2. The minimum atomic E-state index is -2.74. The zero-order valence-corrected chi connectivity index (χ0v) is 13.2. The van der Waals surface area contributed by atoms with Crippen LogP contribution in [-0.4, -0.2) is 16.1 Å². The van der Waals surface area contributed by atoms with Crippen LogP contribution >= 0.6 is 0 Å². The van der Waals surface area contributed by atoms with E-state index in [1.54, 1.807) is 43.3 Å². The molecule has 2 N–H and O–H groups in total. The first-order valence-electron chi connectivity index (χ1n) is 8.01. The predicted octanol–water partition coefficient (Wildman–Crippen LogP) is 4.67. The van der Waals surface area contributed by atoms with E-state index in [9.17, 15) is 19.0 Å². The molecule has 2 aliphatic rings. The molecule has 2 aromatic carbocycles. The Balaban J connectivity index is 1.83. The maximum atomic E-state index is 14.1. The lowest BCUT2D eigenvalue weighted by Gasteiger charge is -2.36. The lowest BCUT2D eigenvalue weighted by Crippen LogP contribution is -2.27. The highest BCUT2D eigenvalue weighted by molar-refractivity contribution is 5.51.